The number of aromatic nitrogens is 5. The first-order chi connectivity index (χ1) is 11.3. The molecule has 1 saturated heterocycles. The highest BCUT2D eigenvalue weighted by Crippen LogP contribution is 2.28. The fourth-order valence-corrected chi connectivity index (χ4v) is 2.97. The van der Waals surface area contributed by atoms with Crippen LogP contribution in [0.4, 0.5) is 5.95 Å². The second-order valence-electron chi connectivity index (χ2n) is 5.66. The Bertz CT molecular complexity index is 859. The SMILES string of the molecule is O=c1[nH][nH]c2ccc(C3COCC(Nc4nccnn4)C3)cc12. The van der Waals surface area contributed by atoms with Gasteiger partial charge in [-0.1, -0.05) is 6.07 Å². The molecule has 0 amide bonds. The molecule has 4 rings (SSSR count). The van der Waals surface area contributed by atoms with Crippen LogP contribution >= 0.6 is 0 Å². The molecule has 0 radical (unpaired) electrons. The third kappa shape index (κ3) is 2.80. The molecule has 8 heteroatoms. The highest BCUT2D eigenvalue weighted by Gasteiger charge is 2.25. The van der Waals surface area contributed by atoms with Crippen molar-refractivity contribution in [2.45, 2.75) is 18.4 Å². The van der Waals surface area contributed by atoms with Crippen LogP contribution in [-0.4, -0.2) is 44.6 Å². The van der Waals surface area contributed by atoms with Gasteiger partial charge in [-0.25, -0.2) is 4.98 Å². The number of anilines is 1. The zero-order valence-corrected chi connectivity index (χ0v) is 12.3. The Morgan fingerprint density at radius 3 is 3.04 bits per heavy atom. The standard InChI is InChI=1S/C15H16N6O2/c22-14-12-6-9(1-2-13(12)19-20-14)10-5-11(8-23-7-10)18-15-16-3-4-17-21-15/h1-4,6,10-11H,5,7-8H2,(H,16,18,21)(H2,19,20,22). The fourth-order valence-electron chi connectivity index (χ4n) is 2.97. The highest BCUT2D eigenvalue weighted by atomic mass is 16.5. The van der Waals surface area contributed by atoms with Crippen LogP contribution in [0.5, 0.6) is 0 Å². The normalized spacial score (nSPS) is 21.4. The smallest absolute Gasteiger partial charge is 0.271 e. The van der Waals surface area contributed by atoms with Crippen molar-refractivity contribution >= 4 is 16.9 Å². The van der Waals surface area contributed by atoms with E-state index in [1.165, 1.54) is 6.20 Å². The molecule has 3 aromatic rings. The fraction of sp³-hybridized carbons (Fsp3) is 0.333. The molecule has 3 N–H and O–H groups in total. The molecule has 8 nitrogen and oxygen atoms in total. The van der Waals surface area contributed by atoms with E-state index in [-0.39, 0.29) is 17.5 Å². The predicted molar refractivity (Wildman–Crippen MR) is 84.3 cm³/mol. The Labute approximate surface area is 131 Å². The van der Waals surface area contributed by atoms with Gasteiger partial charge < -0.3 is 10.1 Å². The number of nitrogens with zero attached hydrogens (tertiary/aromatic N) is 3. The minimum Gasteiger partial charge on any atom is -0.379 e. The van der Waals surface area contributed by atoms with Crippen LogP contribution in [-0.2, 0) is 4.74 Å². The highest BCUT2D eigenvalue weighted by molar-refractivity contribution is 5.78. The summed E-state index contributed by atoms with van der Waals surface area (Å²) < 4.78 is 5.71. The van der Waals surface area contributed by atoms with Crippen molar-refractivity contribution in [1.82, 2.24) is 25.4 Å². The second-order valence-corrected chi connectivity index (χ2v) is 5.66. The minimum atomic E-state index is -0.1000. The molecule has 1 aromatic carbocycles. The maximum atomic E-state index is 11.8. The van der Waals surface area contributed by atoms with E-state index < -0.39 is 0 Å². The van der Waals surface area contributed by atoms with Crippen molar-refractivity contribution in [3.05, 3.63) is 46.5 Å². The zero-order chi connectivity index (χ0) is 15.6. The van der Waals surface area contributed by atoms with Gasteiger partial charge in [-0.15, -0.1) is 5.10 Å². The van der Waals surface area contributed by atoms with Crippen LogP contribution in [0, 0.1) is 0 Å². The summed E-state index contributed by atoms with van der Waals surface area (Å²) in [5, 5.41) is 17.1. The van der Waals surface area contributed by atoms with Gasteiger partial charge in [0.15, 0.2) is 0 Å². The number of H-pyrrole nitrogens is 2. The molecule has 1 fully saturated rings. The van der Waals surface area contributed by atoms with E-state index in [4.69, 9.17) is 4.74 Å². The average Bonchev–Trinajstić information content (AvgIpc) is 2.97. The van der Waals surface area contributed by atoms with Crippen LogP contribution in [0.1, 0.15) is 17.9 Å². The third-order valence-corrected chi connectivity index (χ3v) is 4.09. The topological polar surface area (TPSA) is 109 Å². The molecule has 2 atom stereocenters. The number of aromatic amines is 2. The Morgan fingerprint density at radius 1 is 1.22 bits per heavy atom. The Morgan fingerprint density at radius 2 is 2.17 bits per heavy atom. The van der Waals surface area contributed by atoms with Gasteiger partial charge in [0.1, 0.15) is 0 Å². The first kappa shape index (κ1) is 13.9. The van der Waals surface area contributed by atoms with Gasteiger partial charge in [0.2, 0.25) is 5.95 Å². The van der Waals surface area contributed by atoms with Gasteiger partial charge in [0, 0.05) is 5.92 Å². The molecule has 1 aliphatic rings. The summed E-state index contributed by atoms with van der Waals surface area (Å²) in [6.45, 7) is 1.24. The molecule has 0 aliphatic carbocycles. The van der Waals surface area contributed by atoms with E-state index >= 15 is 0 Å². The third-order valence-electron chi connectivity index (χ3n) is 4.09. The molecule has 2 aromatic heterocycles. The first-order valence-electron chi connectivity index (χ1n) is 7.48. The summed E-state index contributed by atoms with van der Waals surface area (Å²) in [4.78, 5) is 15.9. The zero-order valence-electron chi connectivity index (χ0n) is 12.3. The number of benzene rings is 1. The quantitative estimate of drug-likeness (QED) is 0.666. The van der Waals surface area contributed by atoms with Gasteiger partial charge in [0.25, 0.3) is 5.56 Å². The minimum absolute atomic E-state index is 0.1000. The van der Waals surface area contributed by atoms with Crippen LogP contribution in [0.25, 0.3) is 10.9 Å². The van der Waals surface area contributed by atoms with Crippen LogP contribution in [0.2, 0.25) is 0 Å². The van der Waals surface area contributed by atoms with Gasteiger partial charge in [0.05, 0.1) is 42.6 Å². The molecule has 3 heterocycles. The van der Waals surface area contributed by atoms with Gasteiger partial charge >= 0.3 is 0 Å². The molecular formula is C15H16N6O2. The average molecular weight is 312 g/mol. The number of fused-ring (bicyclic) bond motifs is 1. The van der Waals surface area contributed by atoms with Gasteiger partial charge in [-0.3, -0.25) is 15.0 Å². The number of nitrogens with one attached hydrogen (secondary N) is 3. The maximum Gasteiger partial charge on any atom is 0.271 e. The lowest BCUT2D eigenvalue weighted by Gasteiger charge is -2.30. The van der Waals surface area contributed by atoms with Crippen LogP contribution < -0.4 is 10.9 Å². The van der Waals surface area contributed by atoms with E-state index in [9.17, 15) is 4.79 Å². The van der Waals surface area contributed by atoms with Crippen molar-refractivity contribution in [2.24, 2.45) is 0 Å². The summed E-state index contributed by atoms with van der Waals surface area (Å²) in [5.74, 6) is 0.718. The number of hydrogen-bond donors (Lipinski definition) is 3. The van der Waals surface area contributed by atoms with Crippen molar-refractivity contribution in [2.75, 3.05) is 18.5 Å². The van der Waals surface area contributed by atoms with E-state index in [1.54, 1.807) is 6.20 Å². The maximum absolute atomic E-state index is 11.8. The Hall–Kier alpha value is -2.74. The molecule has 0 spiro atoms. The van der Waals surface area contributed by atoms with E-state index in [1.807, 2.05) is 18.2 Å². The Kier molecular flexibility index (Phi) is 3.51. The van der Waals surface area contributed by atoms with Crippen molar-refractivity contribution in [1.29, 1.82) is 0 Å². The molecule has 1 aliphatic heterocycles. The number of hydrogen-bond acceptors (Lipinski definition) is 6. The second kappa shape index (κ2) is 5.81. The molecule has 2 unspecified atom stereocenters. The lowest BCUT2D eigenvalue weighted by atomic mass is 9.90. The van der Waals surface area contributed by atoms with Crippen molar-refractivity contribution in [3.63, 3.8) is 0 Å². The monoisotopic (exact) mass is 312 g/mol. The van der Waals surface area contributed by atoms with E-state index in [0.717, 1.165) is 17.5 Å². The summed E-state index contributed by atoms with van der Waals surface area (Å²) in [7, 11) is 0. The Balaban J connectivity index is 1.53. The number of ether oxygens (including phenoxy) is 1. The lowest BCUT2D eigenvalue weighted by molar-refractivity contribution is 0.0712. The molecule has 23 heavy (non-hydrogen) atoms. The first-order valence-corrected chi connectivity index (χ1v) is 7.48. The predicted octanol–water partition coefficient (Wildman–Crippen LogP) is 1.03. The molecule has 0 bridgehead atoms. The van der Waals surface area contributed by atoms with E-state index in [2.05, 4.69) is 30.7 Å². The number of rotatable bonds is 3. The summed E-state index contributed by atoms with van der Waals surface area (Å²) in [6.07, 6.45) is 4.02. The van der Waals surface area contributed by atoms with Crippen molar-refractivity contribution in [3.8, 4) is 0 Å². The molecular weight excluding hydrogens is 296 g/mol. The van der Waals surface area contributed by atoms with E-state index in [0.29, 0.717) is 24.5 Å². The summed E-state index contributed by atoms with van der Waals surface area (Å²) in [6, 6.07) is 5.99. The lowest BCUT2D eigenvalue weighted by Crippen LogP contribution is -2.34. The summed E-state index contributed by atoms with van der Waals surface area (Å²) in [5.41, 5.74) is 1.81. The summed E-state index contributed by atoms with van der Waals surface area (Å²) >= 11 is 0. The van der Waals surface area contributed by atoms with Crippen LogP contribution in [0.15, 0.2) is 35.4 Å². The van der Waals surface area contributed by atoms with Crippen molar-refractivity contribution < 1.29 is 4.74 Å². The van der Waals surface area contributed by atoms with Gasteiger partial charge in [-0.05, 0) is 24.1 Å². The van der Waals surface area contributed by atoms with Crippen LogP contribution in [0.3, 0.4) is 0 Å². The molecule has 0 saturated carbocycles. The molecule has 118 valence electrons. The largest absolute Gasteiger partial charge is 0.379 e. The van der Waals surface area contributed by atoms with Gasteiger partial charge in [-0.2, -0.15) is 5.10 Å².